The highest BCUT2D eigenvalue weighted by Gasteiger charge is 2.29. The van der Waals surface area contributed by atoms with Gasteiger partial charge in [0.05, 0.1) is 24.4 Å². The van der Waals surface area contributed by atoms with Gasteiger partial charge in [0, 0.05) is 61.8 Å². The second kappa shape index (κ2) is 9.23. The Labute approximate surface area is 198 Å². The molecular formula is C25H29ClN4O3. The Morgan fingerprint density at radius 2 is 1.94 bits per heavy atom. The number of methoxy groups -OCH3 is 1. The van der Waals surface area contributed by atoms with Crippen LogP contribution in [0.15, 0.2) is 36.7 Å². The fourth-order valence-electron chi connectivity index (χ4n) is 5.03. The molecule has 1 saturated heterocycles. The third kappa shape index (κ3) is 4.27. The molecule has 174 valence electrons. The number of aliphatic hydroxyl groups is 1. The summed E-state index contributed by atoms with van der Waals surface area (Å²) in [6, 6.07) is 7.69. The molecule has 8 heteroatoms. The lowest BCUT2D eigenvalue weighted by Gasteiger charge is -2.37. The number of carbonyl (C=O) groups is 1. The molecule has 2 aromatic heterocycles. The average Bonchev–Trinajstić information content (AvgIpc) is 3.53. The van der Waals surface area contributed by atoms with E-state index in [-0.39, 0.29) is 12.5 Å². The lowest BCUT2D eigenvalue weighted by atomic mass is 10.1. The van der Waals surface area contributed by atoms with Crippen molar-refractivity contribution in [1.29, 1.82) is 0 Å². The van der Waals surface area contributed by atoms with Crippen molar-refractivity contribution in [2.75, 3.05) is 38.2 Å². The van der Waals surface area contributed by atoms with E-state index in [2.05, 4.69) is 17.0 Å². The van der Waals surface area contributed by atoms with Gasteiger partial charge in [0.1, 0.15) is 11.4 Å². The smallest absolute Gasteiger partial charge is 0.225 e. The summed E-state index contributed by atoms with van der Waals surface area (Å²) >= 11 is 6.33. The Bertz CT molecular complexity index is 1160. The second-order valence-corrected chi connectivity index (χ2v) is 9.28. The quantitative estimate of drug-likeness (QED) is 0.613. The summed E-state index contributed by atoms with van der Waals surface area (Å²) in [6.07, 6.45) is 8.41. The molecule has 0 radical (unpaired) electrons. The molecule has 1 amide bonds. The number of aliphatic hydroxyl groups excluding tert-OH is 1. The van der Waals surface area contributed by atoms with Crippen LogP contribution in [0.4, 0.5) is 5.69 Å². The van der Waals surface area contributed by atoms with Crippen LogP contribution in [0.3, 0.4) is 0 Å². The number of hydrogen-bond acceptors (Lipinski definition) is 5. The lowest BCUT2D eigenvalue weighted by Crippen LogP contribution is -2.50. The molecule has 1 saturated carbocycles. The first kappa shape index (κ1) is 22.0. The fourth-order valence-corrected chi connectivity index (χ4v) is 5.28. The largest absolute Gasteiger partial charge is 0.495 e. The van der Waals surface area contributed by atoms with E-state index in [1.807, 2.05) is 21.7 Å². The molecule has 3 aromatic rings. The molecule has 0 spiro atoms. The molecule has 1 aromatic carbocycles. The number of nitrogens with zero attached hydrogens (tertiary/aromatic N) is 4. The number of rotatable bonds is 5. The van der Waals surface area contributed by atoms with Gasteiger partial charge in [-0.1, -0.05) is 24.4 Å². The minimum absolute atomic E-state index is 0.133. The number of hydrogen-bond donors (Lipinski definition) is 1. The molecule has 7 nitrogen and oxygen atoms in total. The van der Waals surface area contributed by atoms with Gasteiger partial charge in [-0.2, -0.15) is 0 Å². The predicted molar refractivity (Wildman–Crippen MR) is 129 cm³/mol. The number of imidazole rings is 1. The van der Waals surface area contributed by atoms with Crippen molar-refractivity contribution in [3.05, 3.63) is 47.2 Å². The van der Waals surface area contributed by atoms with E-state index in [4.69, 9.17) is 21.3 Å². The van der Waals surface area contributed by atoms with E-state index < -0.39 is 0 Å². The summed E-state index contributed by atoms with van der Waals surface area (Å²) in [4.78, 5) is 21.9. The fraction of sp³-hybridized carbons (Fsp3) is 0.440. The highest BCUT2D eigenvalue weighted by Crippen LogP contribution is 2.34. The van der Waals surface area contributed by atoms with Gasteiger partial charge >= 0.3 is 0 Å². The molecule has 2 fully saturated rings. The summed E-state index contributed by atoms with van der Waals surface area (Å²) < 4.78 is 7.24. The van der Waals surface area contributed by atoms with Gasteiger partial charge < -0.3 is 24.0 Å². The number of aromatic nitrogens is 2. The summed E-state index contributed by atoms with van der Waals surface area (Å²) in [5.41, 5.74) is 4.16. The minimum Gasteiger partial charge on any atom is -0.495 e. The summed E-state index contributed by atoms with van der Waals surface area (Å²) in [7, 11) is 1.55. The van der Waals surface area contributed by atoms with Gasteiger partial charge in [-0.15, -0.1) is 0 Å². The van der Waals surface area contributed by atoms with Crippen LogP contribution in [-0.4, -0.2) is 58.6 Å². The van der Waals surface area contributed by atoms with E-state index in [0.29, 0.717) is 22.2 Å². The van der Waals surface area contributed by atoms with Gasteiger partial charge in [0.2, 0.25) is 5.91 Å². The number of anilines is 1. The Hall–Kier alpha value is -2.77. The van der Waals surface area contributed by atoms with E-state index in [9.17, 15) is 9.90 Å². The first-order valence-corrected chi connectivity index (χ1v) is 12.0. The van der Waals surface area contributed by atoms with Crippen molar-refractivity contribution in [2.24, 2.45) is 5.92 Å². The van der Waals surface area contributed by atoms with Crippen LogP contribution in [0.1, 0.15) is 31.2 Å². The van der Waals surface area contributed by atoms with Crippen LogP contribution in [0.2, 0.25) is 5.02 Å². The molecule has 1 aliphatic carbocycles. The molecule has 33 heavy (non-hydrogen) atoms. The molecule has 2 aliphatic rings. The number of piperazine rings is 1. The van der Waals surface area contributed by atoms with Crippen molar-refractivity contribution in [1.82, 2.24) is 14.3 Å². The zero-order chi connectivity index (χ0) is 22.9. The minimum atomic E-state index is -0.133. The monoisotopic (exact) mass is 468 g/mol. The third-order valence-electron chi connectivity index (χ3n) is 6.93. The zero-order valence-corrected chi connectivity index (χ0v) is 19.6. The number of carbonyl (C=O) groups excluding carboxylic acids is 1. The summed E-state index contributed by atoms with van der Waals surface area (Å²) in [6.45, 7) is 3.05. The van der Waals surface area contributed by atoms with Gasteiger partial charge in [-0.25, -0.2) is 4.98 Å². The van der Waals surface area contributed by atoms with Crippen molar-refractivity contribution < 1.29 is 14.6 Å². The predicted octanol–water partition coefficient (Wildman–Crippen LogP) is 3.99. The highest BCUT2D eigenvalue weighted by atomic mass is 35.5. The molecule has 0 bridgehead atoms. The normalized spacial score (nSPS) is 17.2. The maximum absolute atomic E-state index is 12.7. The first-order valence-electron chi connectivity index (χ1n) is 11.6. The Morgan fingerprint density at radius 1 is 1.18 bits per heavy atom. The average molecular weight is 469 g/mol. The molecule has 3 heterocycles. The third-order valence-corrected chi connectivity index (χ3v) is 7.22. The van der Waals surface area contributed by atoms with E-state index in [1.165, 1.54) is 12.8 Å². The van der Waals surface area contributed by atoms with Crippen molar-refractivity contribution in [3.8, 4) is 17.0 Å². The van der Waals surface area contributed by atoms with E-state index >= 15 is 0 Å². The number of ether oxygens (including phenoxy) is 1. The van der Waals surface area contributed by atoms with Crippen molar-refractivity contribution >= 4 is 28.8 Å². The Balaban J connectivity index is 1.34. The molecule has 1 aliphatic heterocycles. The number of halogens is 1. The SMILES string of the molecule is COc1cc(CO)c(-c2cn3ccc(N4CCN(C(=O)C5CCCC5)CC4)cc3n2)cc1Cl. The van der Waals surface area contributed by atoms with Crippen molar-refractivity contribution in [2.45, 2.75) is 32.3 Å². The van der Waals surface area contributed by atoms with Crippen LogP contribution in [0.25, 0.3) is 16.9 Å². The van der Waals surface area contributed by atoms with E-state index in [1.54, 1.807) is 19.2 Å². The van der Waals surface area contributed by atoms with Crippen LogP contribution in [0.5, 0.6) is 5.75 Å². The summed E-state index contributed by atoms with van der Waals surface area (Å²) in [5.74, 6) is 1.12. The summed E-state index contributed by atoms with van der Waals surface area (Å²) in [5, 5.41) is 10.3. The van der Waals surface area contributed by atoms with E-state index in [0.717, 1.165) is 61.6 Å². The standard InChI is InChI=1S/C25H29ClN4O3/c1-33-23-12-18(16-31)20(14-21(23)26)22-15-30-7-6-19(13-24(30)27-22)28-8-10-29(11-9-28)25(32)17-4-2-3-5-17/h6-7,12-15,17,31H,2-5,8-11,16H2,1H3. The number of fused-ring (bicyclic) bond motifs is 1. The molecule has 0 unspecified atom stereocenters. The molecule has 1 N–H and O–H groups in total. The number of benzene rings is 1. The van der Waals surface area contributed by atoms with Crippen LogP contribution >= 0.6 is 11.6 Å². The maximum atomic E-state index is 12.7. The topological polar surface area (TPSA) is 70.3 Å². The number of amides is 1. The Morgan fingerprint density at radius 3 is 2.64 bits per heavy atom. The maximum Gasteiger partial charge on any atom is 0.225 e. The Kier molecular flexibility index (Phi) is 6.17. The number of pyridine rings is 1. The van der Waals surface area contributed by atoms with Gasteiger partial charge in [0.15, 0.2) is 0 Å². The van der Waals surface area contributed by atoms with Gasteiger partial charge in [-0.05, 0) is 36.6 Å². The first-order chi connectivity index (χ1) is 16.1. The van der Waals surface area contributed by atoms with Crippen LogP contribution < -0.4 is 9.64 Å². The van der Waals surface area contributed by atoms with Gasteiger partial charge in [-0.3, -0.25) is 4.79 Å². The van der Waals surface area contributed by atoms with Crippen LogP contribution in [-0.2, 0) is 11.4 Å². The molecule has 0 atom stereocenters. The van der Waals surface area contributed by atoms with Crippen molar-refractivity contribution in [3.63, 3.8) is 0 Å². The second-order valence-electron chi connectivity index (χ2n) is 8.87. The van der Waals surface area contributed by atoms with Crippen LogP contribution in [0, 0.1) is 5.92 Å². The van der Waals surface area contributed by atoms with Gasteiger partial charge in [0.25, 0.3) is 0 Å². The lowest BCUT2D eigenvalue weighted by molar-refractivity contribution is -0.135. The zero-order valence-electron chi connectivity index (χ0n) is 18.8. The highest BCUT2D eigenvalue weighted by molar-refractivity contribution is 6.32. The molecule has 5 rings (SSSR count). The molecular weight excluding hydrogens is 440 g/mol.